The molecule has 3 heteroatoms. The molecule has 2 rings (SSSR count). The maximum atomic E-state index is 5.33. The van der Waals surface area contributed by atoms with Crippen molar-refractivity contribution in [1.29, 1.82) is 0 Å². The van der Waals surface area contributed by atoms with Crippen LogP contribution in [0.2, 0.25) is 0 Å². The Kier molecular flexibility index (Phi) is 4.48. The number of rotatable bonds is 2. The minimum absolute atomic E-state index is 0.719. The van der Waals surface area contributed by atoms with Gasteiger partial charge in [-0.05, 0) is 40.2 Å². The highest BCUT2D eigenvalue weighted by Gasteiger charge is 2.10. The van der Waals surface area contributed by atoms with Crippen LogP contribution in [0.1, 0.15) is 11.1 Å². The van der Waals surface area contributed by atoms with Crippen molar-refractivity contribution < 1.29 is 9.47 Å². The molecule has 0 heterocycles. The largest absolute Gasteiger partial charge is 0.496 e. The summed E-state index contributed by atoms with van der Waals surface area (Å²) in [6.45, 7) is 0. The van der Waals surface area contributed by atoms with Crippen LogP contribution in [0.15, 0.2) is 46.9 Å². The lowest BCUT2D eigenvalue weighted by molar-refractivity contribution is 0.400. The minimum atomic E-state index is 0.719. The third-order valence-electron chi connectivity index (χ3n) is 2.61. The van der Waals surface area contributed by atoms with Gasteiger partial charge in [-0.1, -0.05) is 30.0 Å². The molecule has 2 aromatic rings. The second-order valence-corrected chi connectivity index (χ2v) is 4.57. The van der Waals surface area contributed by atoms with Crippen molar-refractivity contribution in [3.05, 3.63) is 58.1 Å². The first-order chi connectivity index (χ1) is 9.26. The molecule has 96 valence electrons. The smallest absolute Gasteiger partial charge is 0.135 e. The van der Waals surface area contributed by atoms with Gasteiger partial charge in [0, 0.05) is 5.56 Å². The molecular formula is C16H13BrO2. The molecule has 0 atom stereocenters. The van der Waals surface area contributed by atoms with Gasteiger partial charge in [0.1, 0.15) is 11.5 Å². The topological polar surface area (TPSA) is 18.5 Å². The molecule has 0 amide bonds. The molecule has 0 aliphatic rings. The molecule has 19 heavy (non-hydrogen) atoms. The summed E-state index contributed by atoms with van der Waals surface area (Å²) in [7, 11) is 3.25. The minimum Gasteiger partial charge on any atom is -0.496 e. The Hall–Kier alpha value is -1.92. The van der Waals surface area contributed by atoms with E-state index in [-0.39, 0.29) is 0 Å². The van der Waals surface area contributed by atoms with Gasteiger partial charge in [0.15, 0.2) is 0 Å². The lowest BCUT2D eigenvalue weighted by atomic mass is 10.1. The fourth-order valence-corrected chi connectivity index (χ4v) is 2.23. The predicted octanol–water partition coefficient (Wildman–Crippen LogP) is 3.87. The lowest BCUT2D eigenvalue weighted by Crippen LogP contribution is -1.92. The molecule has 0 saturated carbocycles. The quantitative estimate of drug-likeness (QED) is 0.783. The van der Waals surface area contributed by atoms with Gasteiger partial charge in [-0.25, -0.2) is 0 Å². The van der Waals surface area contributed by atoms with E-state index in [1.807, 2.05) is 42.5 Å². The van der Waals surface area contributed by atoms with Crippen LogP contribution >= 0.6 is 15.9 Å². The molecule has 0 aliphatic heterocycles. The van der Waals surface area contributed by atoms with Crippen LogP contribution in [0.4, 0.5) is 0 Å². The van der Waals surface area contributed by atoms with Crippen molar-refractivity contribution >= 4 is 15.9 Å². The zero-order chi connectivity index (χ0) is 13.7. The van der Waals surface area contributed by atoms with Gasteiger partial charge >= 0.3 is 0 Å². The maximum absolute atomic E-state index is 5.33. The standard InChI is InChI=1S/C16H13BrO2/c1-18-14-10-11-15(19-2)16(17)13(14)9-8-12-6-4-3-5-7-12/h3-7,10-11H,1-2H3. The molecule has 2 aromatic carbocycles. The summed E-state index contributed by atoms with van der Waals surface area (Å²) in [6, 6.07) is 13.5. The third-order valence-corrected chi connectivity index (χ3v) is 3.40. The zero-order valence-corrected chi connectivity index (χ0v) is 12.3. The predicted molar refractivity (Wildman–Crippen MR) is 79.7 cm³/mol. The molecule has 0 saturated heterocycles. The van der Waals surface area contributed by atoms with Crippen molar-refractivity contribution in [3.8, 4) is 23.3 Å². The second kappa shape index (κ2) is 6.31. The van der Waals surface area contributed by atoms with Gasteiger partial charge in [0.2, 0.25) is 0 Å². The summed E-state index contributed by atoms with van der Waals surface area (Å²) >= 11 is 3.50. The molecule has 0 unspecified atom stereocenters. The Morgan fingerprint density at radius 1 is 0.842 bits per heavy atom. The summed E-state index contributed by atoms with van der Waals surface area (Å²) in [5.41, 5.74) is 1.74. The fraction of sp³-hybridized carbons (Fsp3) is 0.125. The van der Waals surface area contributed by atoms with Crippen LogP contribution in [0, 0.1) is 11.8 Å². The van der Waals surface area contributed by atoms with Crippen LogP contribution in [-0.2, 0) is 0 Å². The van der Waals surface area contributed by atoms with Gasteiger partial charge in [-0.2, -0.15) is 0 Å². The van der Waals surface area contributed by atoms with E-state index in [2.05, 4.69) is 27.8 Å². The first-order valence-corrected chi connectivity index (χ1v) is 6.53. The number of hydrogen-bond acceptors (Lipinski definition) is 2. The number of methoxy groups -OCH3 is 2. The van der Waals surface area contributed by atoms with Gasteiger partial charge in [-0.3, -0.25) is 0 Å². The van der Waals surface area contributed by atoms with Crippen molar-refractivity contribution in [2.24, 2.45) is 0 Å². The van der Waals surface area contributed by atoms with E-state index >= 15 is 0 Å². The molecule has 2 nitrogen and oxygen atoms in total. The first kappa shape index (κ1) is 13.5. The van der Waals surface area contributed by atoms with Gasteiger partial charge in [-0.15, -0.1) is 0 Å². The normalized spacial score (nSPS) is 9.42. The number of ether oxygens (including phenoxy) is 2. The zero-order valence-electron chi connectivity index (χ0n) is 10.7. The monoisotopic (exact) mass is 316 g/mol. The van der Waals surface area contributed by atoms with Crippen molar-refractivity contribution in [2.75, 3.05) is 14.2 Å². The maximum Gasteiger partial charge on any atom is 0.135 e. The molecule has 0 N–H and O–H groups in total. The molecule has 0 radical (unpaired) electrons. The lowest BCUT2D eigenvalue weighted by Gasteiger charge is -2.09. The molecule has 0 fully saturated rings. The van der Waals surface area contributed by atoms with Crippen molar-refractivity contribution in [3.63, 3.8) is 0 Å². The van der Waals surface area contributed by atoms with Crippen LogP contribution in [0.3, 0.4) is 0 Å². The Labute approximate surface area is 121 Å². The SMILES string of the molecule is COc1ccc(OC)c(C#Cc2ccccc2)c1Br. The van der Waals surface area contributed by atoms with Gasteiger partial charge in [0.25, 0.3) is 0 Å². The summed E-state index contributed by atoms with van der Waals surface area (Å²) in [5.74, 6) is 7.69. The Balaban J connectivity index is 2.47. The van der Waals surface area contributed by atoms with Crippen molar-refractivity contribution in [2.45, 2.75) is 0 Å². The van der Waals surface area contributed by atoms with Gasteiger partial charge in [0.05, 0.1) is 24.3 Å². The Morgan fingerprint density at radius 3 is 2.11 bits per heavy atom. The average molecular weight is 317 g/mol. The van der Waals surface area contributed by atoms with E-state index in [1.54, 1.807) is 14.2 Å². The number of benzene rings is 2. The highest BCUT2D eigenvalue weighted by Crippen LogP contribution is 2.34. The number of halogens is 1. The van der Waals surface area contributed by atoms with E-state index < -0.39 is 0 Å². The molecular weight excluding hydrogens is 304 g/mol. The first-order valence-electron chi connectivity index (χ1n) is 5.74. The Bertz CT molecular complexity index is 624. The summed E-state index contributed by atoms with van der Waals surface area (Å²) < 4.78 is 11.4. The van der Waals surface area contributed by atoms with E-state index in [0.717, 1.165) is 27.1 Å². The van der Waals surface area contributed by atoms with Crippen LogP contribution in [-0.4, -0.2) is 14.2 Å². The second-order valence-electron chi connectivity index (χ2n) is 3.78. The Morgan fingerprint density at radius 2 is 1.47 bits per heavy atom. The molecule has 0 bridgehead atoms. The summed E-state index contributed by atoms with van der Waals surface area (Å²) in [4.78, 5) is 0. The number of hydrogen-bond donors (Lipinski definition) is 0. The van der Waals surface area contributed by atoms with Crippen LogP contribution in [0.5, 0.6) is 11.5 Å². The fourth-order valence-electron chi connectivity index (χ4n) is 1.64. The van der Waals surface area contributed by atoms with E-state index in [4.69, 9.17) is 9.47 Å². The van der Waals surface area contributed by atoms with E-state index in [9.17, 15) is 0 Å². The highest BCUT2D eigenvalue weighted by atomic mass is 79.9. The van der Waals surface area contributed by atoms with Crippen LogP contribution < -0.4 is 9.47 Å². The van der Waals surface area contributed by atoms with E-state index in [0.29, 0.717) is 0 Å². The third kappa shape index (κ3) is 3.10. The molecule has 0 aromatic heterocycles. The highest BCUT2D eigenvalue weighted by molar-refractivity contribution is 9.10. The summed E-state index contributed by atoms with van der Waals surface area (Å²) in [6.07, 6.45) is 0. The average Bonchev–Trinajstić information content (AvgIpc) is 2.46. The molecule has 0 aliphatic carbocycles. The molecule has 0 spiro atoms. The van der Waals surface area contributed by atoms with Crippen LogP contribution in [0.25, 0.3) is 0 Å². The van der Waals surface area contributed by atoms with Gasteiger partial charge < -0.3 is 9.47 Å². The van der Waals surface area contributed by atoms with Crippen molar-refractivity contribution in [1.82, 2.24) is 0 Å². The van der Waals surface area contributed by atoms with E-state index in [1.165, 1.54) is 0 Å². The summed E-state index contributed by atoms with van der Waals surface area (Å²) in [5, 5.41) is 0.